The average molecular weight is 291 g/mol. The van der Waals surface area contributed by atoms with Crippen LogP contribution in [0.15, 0.2) is 29.0 Å². The van der Waals surface area contributed by atoms with Gasteiger partial charge in [-0.3, -0.25) is 4.98 Å². The molecule has 1 aliphatic rings. The van der Waals surface area contributed by atoms with E-state index in [1.54, 1.807) is 12.4 Å². The van der Waals surface area contributed by atoms with Crippen molar-refractivity contribution in [2.24, 2.45) is 0 Å². The highest BCUT2D eigenvalue weighted by molar-refractivity contribution is 9.10. The summed E-state index contributed by atoms with van der Waals surface area (Å²) in [6.07, 6.45) is 5.88. The predicted octanol–water partition coefficient (Wildman–Crippen LogP) is 2.76. The third-order valence-corrected chi connectivity index (χ3v) is 3.16. The van der Waals surface area contributed by atoms with Crippen LogP contribution < -0.4 is 5.73 Å². The van der Waals surface area contributed by atoms with Crippen LogP contribution in [0.1, 0.15) is 24.5 Å². The van der Waals surface area contributed by atoms with Crippen molar-refractivity contribution >= 4 is 21.7 Å². The molecule has 2 aromatic heterocycles. The molecular formula is C12H11BrN4. The normalized spacial score (nSPS) is 14.9. The van der Waals surface area contributed by atoms with E-state index >= 15 is 0 Å². The summed E-state index contributed by atoms with van der Waals surface area (Å²) in [5, 5.41) is 0. The highest BCUT2D eigenvalue weighted by Crippen LogP contribution is 2.39. The lowest BCUT2D eigenvalue weighted by Crippen LogP contribution is -1.99. The predicted molar refractivity (Wildman–Crippen MR) is 69.4 cm³/mol. The van der Waals surface area contributed by atoms with Gasteiger partial charge in [-0.15, -0.1) is 0 Å². The summed E-state index contributed by atoms with van der Waals surface area (Å²) in [7, 11) is 0. The molecule has 2 heterocycles. The van der Waals surface area contributed by atoms with E-state index < -0.39 is 0 Å². The van der Waals surface area contributed by atoms with E-state index in [-0.39, 0.29) is 0 Å². The fourth-order valence-electron chi connectivity index (χ4n) is 1.74. The lowest BCUT2D eigenvalue weighted by molar-refractivity contribution is 0.997. The van der Waals surface area contributed by atoms with Gasteiger partial charge in [-0.05, 0) is 34.8 Å². The van der Waals surface area contributed by atoms with E-state index in [2.05, 4.69) is 30.9 Å². The molecule has 1 aliphatic carbocycles. The molecular weight excluding hydrogens is 280 g/mol. The molecule has 3 rings (SSSR count). The van der Waals surface area contributed by atoms with E-state index in [1.807, 2.05) is 12.1 Å². The second-order valence-corrected chi connectivity index (χ2v) is 5.12. The molecule has 4 nitrogen and oxygen atoms in total. The largest absolute Gasteiger partial charge is 0.384 e. The van der Waals surface area contributed by atoms with Crippen LogP contribution in [0.25, 0.3) is 11.4 Å². The van der Waals surface area contributed by atoms with Crippen LogP contribution in [0.3, 0.4) is 0 Å². The van der Waals surface area contributed by atoms with Crippen LogP contribution in [0.2, 0.25) is 0 Å². The fraction of sp³-hybridized carbons (Fsp3) is 0.250. The number of nitrogens with two attached hydrogens (primary N) is 1. The topological polar surface area (TPSA) is 64.7 Å². The molecule has 0 unspecified atom stereocenters. The fourth-order valence-corrected chi connectivity index (χ4v) is 2.10. The summed E-state index contributed by atoms with van der Waals surface area (Å²) in [4.78, 5) is 12.9. The summed E-state index contributed by atoms with van der Waals surface area (Å²) in [5.41, 5.74) is 7.75. The molecule has 5 heteroatoms. The molecule has 2 N–H and O–H groups in total. The maximum atomic E-state index is 5.82. The molecule has 17 heavy (non-hydrogen) atoms. The van der Waals surface area contributed by atoms with Crippen LogP contribution >= 0.6 is 15.9 Å². The van der Waals surface area contributed by atoms with Crippen LogP contribution in [-0.2, 0) is 0 Å². The van der Waals surface area contributed by atoms with Gasteiger partial charge in [0.1, 0.15) is 5.82 Å². The van der Waals surface area contributed by atoms with Crippen LogP contribution in [0, 0.1) is 0 Å². The second-order valence-electron chi connectivity index (χ2n) is 4.21. The van der Waals surface area contributed by atoms with E-state index in [9.17, 15) is 0 Å². The quantitative estimate of drug-likeness (QED) is 0.924. The van der Waals surface area contributed by atoms with Crippen molar-refractivity contribution in [3.63, 3.8) is 0 Å². The number of rotatable bonds is 2. The van der Waals surface area contributed by atoms with E-state index in [0.29, 0.717) is 17.6 Å². The molecule has 1 fully saturated rings. The Balaban J connectivity index is 2.07. The number of pyridine rings is 1. The molecule has 0 saturated heterocycles. The van der Waals surface area contributed by atoms with Gasteiger partial charge < -0.3 is 5.73 Å². The van der Waals surface area contributed by atoms with Crippen molar-refractivity contribution in [1.29, 1.82) is 0 Å². The maximum Gasteiger partial charge on any atom is 0.163 e. The van der Waals surface area contributed by atoms with Crippen molar-refractivity contribution in [3.05, 3.63) is 34.7 Å². The van der Waals surface area contributed by atoms with Crippen molar-refractivity contribution in [3.8, 4) is 11.4 Å². The van der Waals surface area contributed by atoms with Crippen LogP contribution in [0.5, 0.6) is 0 Å². The van der Waals surface area contributed by atoms with Crippen molar-refractivity contribution in [2.45, 2.75) is 18.8 Å². The second kappa shape index (κ2) is 4.07. The lowest BCUT2D eigenvalue weighted by atomic mass is 10.2. The van der Waals surface area contributed by atoms with Gasteiger partial charge in [-0.25, -0.2) is 9.97 Å². The third kappa shape index (κ3) is 2.29. The van der Waals surface area contributed by atoms with Gasteiger partial charge in [0.25, 0.3) is 0 Å². The Hall–Kier alpha value is -1.49. The Kier molecular flexibility index (Phi) is 2.55. The number of halogens is 1. The van der Waals surface area contributed by atoms with E-state index in [4.69, 9.17) is 5.73 Å². The van der Waals surface area contributed by atoms with Crippen molar-refractivity contribution in [1.82, 2.24) is 15.0 Å². The molecule has 0 bridgehead atoms. The molecule has 0 spiro atoms. The number of nitrogens with zero attached hydrogens (tertiary/aromatic N) is 3. The standard InChI is InChI=1S/C12H11BrN4/c13-9-3-8(5-15-6-9)12-16-10(7-1-2-7)4-11(14)17-12/h3-7H,1-2H2,(H2,14,16,17). The lowest BCUT2D eigenvalue weighted by Gasteiger charge is -2.05. The number of aromatic nitrogens is 3. The maximum absolute atomic E-state index is 5.82. The zero-order chi connectivity index (χ0) is 11.8. The van der Waals surface area contributed by atoms with Crippen molar-refractivity contribution < 1.29 is 0 Å². The van der Waals surface area contributed by atoms with Crippen LogP contribution in [0.4, 0.5) is 5.82 Å². The number of anilines is 1. The smallest absolute Gasteiger partial charge is 0.163 e. The first kappa shape index (κ1) is 10.7. The SMILES string of the molecule is Nc1cc(C2CC2)nc(-c2cncc(Br)c2)n1. The van der Waals surface area contributed by atoms with Crippen molar-refractivity contribution in [2.75, 3.05) is 5.73 Å². The Morgan fingerprint density at radius 3 is 2.71 bits per heavy atom. The molecule has 1 saturated carbocycles. The molecule has 0 aliphatic heterocycles. The zero-order valence-corrected chi connectivity index (χ0v) is 10.7. The summed E-state index contributed by atoms with van der Waals surface area (Å²) in [5.74, 6) is 1.75. The molecule has 0 atom stereocenters. The highest BCUT2D eigenvalue weighted by atomic mass is 79.9. The Bertz CT molecular complexity index is 566. The zero-order valence-electron chi connectivity index (χ0n) is 9.10. The summed E-state index contributed by atoms with van der Waals surface area (Å²) >= 11 is 3.39. The van der Waals surface area contributed by atoms with E-state index in [0.717, 1.165) is 15.7 Å². The molecule has 0 radical (unpaired) electrons. The van der Waals surface area contributed by atoms with Gasteiger partial charge in [-0.1, -0.05) is 0 Å². The Morgan fingerprint density at radius 1 is 1.18 bits per heavy atom. The van der Waals surface area contributed by atoms with Gasteiger partial charge in [0.05, 0.1) is 0 Å². The monoisotopic (exact) mass is 290 g/mol. The minimum atomic E-state index is 0.525. The molecule has 2 aromatic rings. The summed E-state index contributed by atoms with van der Waals surface area (Å²) < 4.78 is 0.911. The first-order valence-electron chi connectivity index (χ1n) is 5.48. The van der Waals surface area contributed by atoms with Gasteiger partial charge in [-0.2, -0.15) is 0 Å². The number of hydrogen-bond acceptors (Lipinski definition) is 4. The third-order valence-electron chi connectivity index (χ3n) is 2.72. The number of hydrogen-bond donors (Lipinski definition) is 1. The minimum absolute atomic E-state index is 0.525. The highest BCUT2D eigenvalue weighted by Gasteiger charge is 2.26. The Morgan fingerprint density at radius 2 is 2.00 bits per heavy atom. The van der Waals surface area contributed by atoms with Gasteiger partial charge in [0.2, 0.25) is 0 Å². The average Bonchev–Trinajstić information content (AvgIpc) is 3.12. The molecule has 86 valence electrons. The summed E-state index contributed by atoms with van der Waals surface area (Å²) in [6, 6.07) is 3.81. The van der Waals surface area contributed by atoms with E-state index in [1.165, 1.54) is 12.8 Å². The first-order valence-corrected chi connectivity index (χ1v) is 6.27. The Labute approximate surface area is 107 Å². The first-order chi connectivity index (χ1) is 8.22. The minimum Gasteiger partial charge on any atom is -0.384 e. The van der Waals surface area contributed by atoms with Gasteiger partial charge >= 0.3 is 0 Å². The summed E-state index contributed by atoms with van der Waals surface area (Å²) in [6.45, 7) is 0. The van der Waals surface area contributed by atoms with Gasteiger partial charge in [0.15, 0.2) is 5.82 Å². The molecule has 0 amide bonds. The van der Waals surface area contributed by atoms with Gasteiger partial charge in [0, 0.05) is 40.1 Å². The van der Waals surface area contributed by atoms with Crippen LogP contribution in [-0.4, -0.2) is 15.0 Å². The number of nitrogen functional groups attached to an aromatic ring is 1. The molecule has 0 aromatic carbocycles.